The number of carbonyl (C=O) groups is 2. The zero-order valence-electron chi connectivity index (χ0n) is 23.5. The van der Waals surface area contributed by atoms with Crippen molar-refractivity contribution in [1.82, 2.24) is 24.8 Å². The molecule has 1 aliphatic carbocycles. The number of allylic oxidation sites excluding steroid dienone is 1. The lowest BCUT2D eigenvalue weighted by Gasteiger charge is -2.33. The van der Waals surface area contributed by atoms with Crippen molar-refractivity contribution in [3.8, 4) is 11.3 Å². The summed E-state index contributed by atoms with van der Waals surface area (Å²) in [4.78, 5) is 41.7. The maximum atomic E-state index is 13.2. The number of H-pyrrole nitrogens is 1. The molecule has 3 N–H and O–H groups in total. The molecule has 0 saturated carbocycles. The fourth-order valence-corrected chi connectivity index (χ4v) is 5.45. The topological polar surface area (TPSA) is 106 Å². The molecule has 2 aliphatic rings. The molecule has 9 nitrogen and oxygen atoms in total. The van der Waals surface area contributed by atoms with Gasteiger partial charge in [-0.25, -0.2) is 9.97 Å². The maximum Gasteiger partial charge on any atom is 0.253 e. The molecule has 1 aliphatic heterocycles. The molecule has 0 spiro atoms. The first-order valence-electron chi connectivity index (χ1n) is 14.0. The van der Waals surface area contributed by atoms with Gasteiger partial charge in [0.2, 0.25) is 11.9 Å². The highest BCUT2D eigenvalue weighted by molar-refractivity contribution is 6.33. The fraction of sp³-hybridized carbons (Fsp3) is 0.355. The van der Waals surface area contributed by atoms with E-state index in [1.54, 1.807) is 36.5 Å². The number of carbonyl (C=O) groups excluding carboxylic acids is 2. The Balaban J connectivity index is 1.16. The van der Waals surface area contributed by atoms with Gasteiger partial charge in [0.05, 0.1) is 16.9 Å². The lowest BCUT2D eigenvalue weighted by molar-refractivity contribution is -0.111. The van der Waals surface area contributed by atoms with Crippen LogP contribution in [0.5, 0.6) is 0 Å². The molecular formula is C31H36ClN7O2. The number of nitrogens with zero attached hydrogens (tertiary/aromatic N) is 4. The number of benzene rings is 1. The van der Waals surface area contributed by atoms with Crippen molar-refractivity contribution in [2.45, 2.75) is 25.7 Å². The molecule has 0 radical (unpaired) electrons. The summed E-state index contributed by atoms with van der Waals surface area (Å²) < 4.78 is 0. The molecule has 214 valence electrons. The first-order chi connectivity index (χ1) is 19.9. The van der Waals surface area contributed by atoms with Gasteiger partial charge in [0.1, 0.15) is 0 Å². The van der Waals surface area contributed by atoms with Crippen LogP contribution in [0, 0.1) is 5.92 Å². The minimum atomic E-state index is -0.196. The molecule has 1 unspecified atom stereocenters. The highest BCUT2D eigenvalue weighted by atomic mass is 35.5. The van der Waals surface area contributed by atoms with Crippen molar-refractivity contribution in [1.29, 1.82) is 0 Å². The number of hydrogen-bond donors (Lipinski definition) is 3. The van der Waals surface area contributed by atoms with Crippen molar-refractivity contribution < 1.29 is 9.59 Å². The van der Waals surface area contributed by atoms with Crippen molar-refractivity contribution in [2.75, 3.05) is 50.9 Å². The zero-order valence-corrected chi connectivity index (χ0v) is 24.2. The molecule has 3 heterocycles. The van der Waals surface area contributed by atoms with Gasteiger partial charge in [-0.15, -0.1) is 0 Å². The summed E-state index contributed by atoms with van der Waals surface area (Å²) in [5, 5.41) is 6.73. The predicted octanol–water partition coefficient (Wildman–Crippen LogP) is 5.11. The molecule has 0 bridgehead atoms. The van der Waals surface area contributed by atoms with E-state index in [0.29, 0.717) is 41.9 Å². The first kappa shape index (κ1) is 28.6. The van der Waals surface area contributed by atoms with Gasteiger partial charge in [0, 0.05) is 61.0 Å². The SMILES string of the molecule is CN(C)C/C=C/C(=O)Nc1ccc(C(=O)N2CCCC(CNc3ncc(Cl)c(-c4c[nH]c5c4CCC=C5)n3)C2)cc1. The normalized spacial score (nSPS) is 16.7. The van der Waals surface area contributed by atoms with Crippen molar-refractivity contribution in [3.63, 3.8) is 0 Å². The van der Waals surface area contributed by atoms with Crippen LogP contribution in [0.3, 0.4) is 0 Å². The van der Waals surface area contributed by atoms with Gasteiger partial charge < -0.3 is 25.4 Å². The Morgan fingerprint density at radius 2 is 2.07 bits per heavy atom. The second kappa shape index (κ2) is 13.1. The van der Waals surface area contributed by atoms with Crippen LogP contribution in [0.2, 0.25) is 5.02 Å². The number of rotatable bonds is 9. The number of halogens is 1. The third-order valence-electron chi connectivity index (χ3n) is 7.36. The predicted molar refractivity (Wildman–Crippen MR) is 164 cm³/mol. The Hall–Kier alpha value is -3.95. The molecule has 1 fully saturated rings. The number of likely N-dealkylation sites (N-methyl/N-ethyl adjacent to an activating group) is 1. The van der Waals surface area contributed by atoms with Crippen LogP contribution in [-0.4, -0.2) is 76.8 Å². The van der Waals surface area contributed by atoms with E-state index >= 15 is 0 Å². The number of amides is 2. The molecule has 2 amide bonds. The van der Waals surface area contributed by atoms with Crippen LogP contribution in [0.25, 0.3) is 17.3 Å². The third kappa shape index (κ3) is 7.23. The van der Waals surface area contributed by atoms with E-state index in [9.17, 15) is 9.59 Å². The average molecular weight is 574 g/mol. The smallest absolute Gasteiger partial charge is 0.253 e. The largest absolute Gasteiger partial charge is 0.361 e. The van der Waals surface area contributed by atoms with Gasteiger partial charge in [-0.05, 0) is 81.6 Å². The van der Waals surface area contributed by atoms with Crippen LogP contribution in [-0.2, 0) is 11.2 Å². The van der Waals surface area contributed by atoms with Gasteiger partial charge >= 0.3 is 0 Å². The van der Waals surface area contributed by atoms with E-state index in [4.69, 9.17) is 16.6 Å². The number of aromatic nitrogens is 3. The highest BCUT2D eigenvalue weighted by Crippen LogP contribution is 2.34. The maximum absolute atomic E-state index is 13.2. The van der Waals surface area contributed by atoms with E-state index in [1.165, 1.54) is 11.6 Å². The standard InChI is InChI=1S/C31H36ClN7O2/c1-38(2)15-6-10-28(40)36-23-13-11-22(12-14-23)30(41)39-16-5-7-21(20-39)17-34-31-35-19-26(32)29(37-31)25-18-33-27-9-4-3-8-24(25)27/h4,6,9-14,18-19,21,33H,3,5,7-8,15-17,20H2,1-2H3,(H,36,40)(H,34,35,37)/b10-6+. The minimum absolute atomic E-state index is 0.00485. The fourth-order valence-electron chi connectivity index (χ4n) is 5.25. The molecule has 10 heteroatoms. The molecule has 2 aromatic heterocycles. The van der Waals surface area contributed by atoms with E-state index in [0.717, 1.165) is 49.2 Å². The average Bonchev–Trinajstić information content (AvgIpc) is 3.41. The second-order valence-corrected chi connectivity index (χ2v) is 11.2. The van der Waals surface area contributed by atoms with E-state index in [2.05, 4.69) is 32.8 Å². The van der Waals surface area contributed by atoms with Gasteiger partial charge in [-0.1, -0.05) is 23.8 Å². The summed E-state index contributed by atoms with van der Waals surface area (Å²) >= 11 is 6.50. The summed E-state index contributed by atoms with van der Waals surface area (Å²) in [5.41, 5.74) is 5.33. The quantitative estimate of drug-likeness (QED) is 0.307. The Labute approximate surface area is 245 Å². The summed E-state index contributed by atoms with van der Waals surface area (Å²) in [5.74, 6) is 0.602. The Kier molecular flexibility index (Phi) is 9.16. The van der Waals surface area contributed by atoms with Crippen LogP contribution in [0.1, 0.15) is 40.9 Å². The highest BCUT2D eigenvalue weighted by Gasteiger charge is 2.25. The Bertz CT molecular complexity index is 1450. The summed E-state index contributed by atoms with van der Waals surface area (Å²) in [6.45, 7) is 2.72. The number of piperidine rings is 1. The van der Waals surface area contributed by atoms with E-state index < -0.39 is 0 Å². The van der Waals surface area contributed by atoms with Crippen molar-refractivity contribution in [2.24, 2.45) is 5.92 Å². The third-order valence-corrected chi connectivity index (χ3v) is 7.64. The molecule has 1 atom stereocenters. The number of likely N-dealkylation sites (tertiary alicyclic amines) is 1. The molecule has 5 rings (SSSR count). The number of nitrogens with one attached hydrogen (secondary N) is 3. The summed E-state index contributed by atoms with van der Waals surface area (Å²) in [6, 6.07) is 7.06. The van der Waals surface area contributed by atoms with Crippen molar-refractivity contribution >= 4 is 41.1 Å². The van der Waals surface area contributed by atoms with Crippen LogP contribution in [0.15, 0.2) is 54.9 Å². The minimum Gasteiger partial charge on any atom is -0.361 e. The van der Waals surface area contributed by atoms with Gasteiger partial charge in [0.25, 0.3) is 5.91 Å². The number of aromatic amines is 1. The Morgan fingerprint density at radius 3 is 2.88 bits per heavy atom. The lowest BCUT2D eigenvalue weighted by Crippen LogP contribution is -2.41. The first-order valence-corrected chi connectivity index (χ1v) is 14.4. The molecule has 3 aromatic rings. The molecule has 41 heavy (non-hydrogen) atoms. The zero-order chi connectivity index (χ0) is 28.8. The number of anilines is 2. The van der Waals surface area contributed by atoms with Crippen LogP contribution in [0.4, 0.5) is 11.6 Å². The summed E-state index contributed by atoms with van der Waals surface area (Å²) in [6.07, 6.45) is 15.1. The van der Waals surface area contributed by atoms with Crippen LogP contribution >= 0.6 is 11.6 Å². The monoisotopic (exact) mass is 573 g/mol. The Morgan fingerprint density at radius 1 is 1.24 bits per heavy atom. The molecule has 1 aromatic carbocycles. The summed E-state index contributed by atoms with van der Waals surface area (Å²) in [7, 11) is 3.88. The molecule has 1 saturated heterocycles. The van der Waals surface area contributed by atoms with Crippen LogP contribution < -0.4 is 10.6 Å². The van der Waals surface area contributed by atoms with E-state index in [-0.39, 0.29) is 17.7 Å². The van der Waals surface area contributed by atoms with Gasteiger partial charge in [-0.2, -0.15) is 0 Å². The molecular weight excluding hydrogens is 538 g/mol. The second-order valence-electron chi connectivity index (χ2n) is 10.8. The van der Waals surface area contributed by atoms with Gasteiger partial charge in [-0.3, -0.25) is 9.59 Å². The lowest BCUT2D eigenvalue weighted by atomic mass is 9.97. The van der Waals surface area contributed by atoms with E-state index in [1.807, 2.05) is 30.1 Å². The number of fused-ring (bicyclic) bond motifs is 1. The van der Waals surface area contributed by atoms with Gasteiger partial charge in [0.15, 0.2) is 0 Å². The van der Waals surface area contributed by atoms with Crippen molar-refractivity contribution in [3.05, 3.63) is 76.7 Å². The number of hydrogen-bond acceptors (Lipinski definition) is 6.